The number of rotatable bonds is 5. The Balaban J connectivity index is 1.65. The van der Waals surface area contributed by atoms with Crippen LogP contribution in [0.5, 0.6) is 5.88 Å². The van der Waals surface area contributed by atoms with Crippen LogP contribution >= 0.6 is 0 Å². The van der Waals surface area contributed by atoms with Crippen LogP contribution < -0.4 is 4.74 Å². The average molecular weight is 354 g/mol. The highest BCUT2D eigenvalue weighted by molar-refractivity contribution is 5.93. The SMILES string of the molecule is COc1ccc(C(=O)N(C)C[C@@H]2CC(F)(F)CN2C2CN(C)C2)cn1. The van der Waals surface area contributed by atoms with Gasteiger partial charge in [0.05, 0.1) is 19.2 Å². The quantitative estimate of drug-likeness (QED) is 0.795. The molecule has 25 heavy (non-hydrogen) atoms. The molecule has 1 aromatic heterocycles. The highest BCUT2D eigenvalue weighted by Crippen LogP contribution is 2.35. The third-order valence-electron chi connectivity index (χ3n) is 4.95. The van der Waals surface area contributed by atoms with Crippen molar-refractivity contribution in [1.82, 2.24) is 19.7 Å². The maximum Gasteiger partial charge on any atom is 0.262 e. The molecule has 2 aliphatic heterocycles. The Morgan fingerprint density at radius 3 is 2.72 bits per heavy atom. The van der Waals surface area contributed by atoms with Gasteiger partial charge in [-0.2, -0.15) is 0 Å². The Hall–Kier alpha value is -1.80. The van der Waals surface area contributed by atoms with E-state index in [0.717, 1.165) is 13.1 Å². The van der Waals surface area contributed by atoms with Crippen LogP contribution in [0.25, 0.3) is 0 Å². The normalized spacial score (nSPS) is 24.1. The Morgan fingerprint density at radius 2 is 2.16 bits per heavy atom. The fraction of sp³-hybridized carbons (Fsp3) is 0.647. The molecule has 0 unspecified atom stereocenters. The Bertz CT molecular complexity index is 620. The van der Waals surface area contributed by atoms with Gasteiger partial charge in [-0.1, -0.05) is 0 Å². The molecule has 1 aromatic rings. The van der Waals surface area contributed by atoms with Gasteiger partial charge in [-0.05, 0) is 13.1 Å². The molecule has 0 aliphatic carbocycles. The molecular weight excluding hydrogens is 330 g/mol. The molecule has 0 saturated carbocycles. The first kappa shape index (κ1) is 18.0. The van der Waals surface area contributed by atoms with E-state index >= 15 is 0 Å². The molecule has 3 rings (SSSR count). The van der Waals surface area contributed by atoms with Gasteiger partial charge in [0.2, 0.25) is 5.88 Å². The zero-order chi connectivity index (χ0) is 18.2. The first-order chi connectivity index (χ1) is 11.8. The van der Waals surface area contributed by atoms with Crippen molar-refractivity contribution >= 4 is 5.91 Å². The molecule has 2 fully saturated rings. The molecule has 0 spiro atoms. The van der Waals surface area contributed by atoms with E-state index in [-0.39, 0.29) is 37.5 Å². The van der Waals surface area contributed by atoms with E-state index in [0.29, 0.717) is 11.4 Å². The van der Waals surface area contributed by atoms with Crippen molar-refractivity contribution in [3.05, 3.63) is 23.9 Å². The molecule has 1 atom stereocenters. The zero-order valence-corrected chi connectivity index (χ0v) is 14.8. The van der Waals surface area contributed by atoms with Crippen molar-refractivity contribution in [2.24, 2.45) is 0 Å². The number of aromatic nitrogens is 1. The predicted octanol–water partition coefficient (Wildman–Crippen LogP) is 1.19. The fourth-order valence-corrected chi connectivity index (χ4v) is 3.64. The van der Waals surface area contributed by atoms with Crippen LogP contribution in [0.4, 0.5) is 8.78 Å². The minimum absolute atomic E-state index is 0.148. The van der Waals surface area contributed by atoms with Gasteiger partial charge in [-0.3, -0.25) is 9.69 Å². The van der Waals surface area contributed by atoms with Crippen molar-refractivity contribution < 1.29 is 18.3 Å². The summed E-state index contributed by atoms with van der Waals surface area (Å²) >= 11 is 0. The number of alkyl halides is 2. The lowest BCUT2D eigenvalue weighted by Crippen LogP contribution is -2.60. The van der Waals surface area contributed by atoms with E-state index in [1.54, 1.807) is 19.2 Å². The number of halogens is 2. The van der Waals surface area contributed by atoms with Gasteiger partial charge < -0.3 is 14.5 Å². The number of nitrogens with zero attached hydrogens (tertiary/aromatic N) is 4. The molecule has 0 radical (unpaired) electrons. The van der Waals surface area contributed by atoms with Crippen molar-refractivity contribution in [2.75, 3.05) is 47.4 Å². The van der Waals surface area contributed by atoms with Crippen LogP contribution in [-0.4, -0.2) is 91.0 Å². The number of hydrogen-bond donors (Lipinski definition) is 0. The molecule has 0 N–H and O–H groups in total. The Kier molecular flexibility index (Phi) is 4.92. The number of amides is 1. The molecule has 138 valence electrons. The highest BCUT2D eigenvalue weighted by Gasteiger charge is 2.49. The van der Waals surface area contributed by atoms with E-state index in [4.69, 9.17) is 4.74 Å². The monoisotopic (exact) mass is 354 g/mol. The summed E-state index contributed by atoms with van der Waals surface area (Å²) in [6, 6.07) is 3.07. The maximum absolute atomic E-state index is 13.9. The molecular formula is C17H24F2N4O2. The van der Waals surface area contributed by atoms with Gasteiger partial charge in [0.25, 0.3) is 11.8 Å². The molecule has 1 amide bonds. The lowest BCUT2D eigenvalue weighted by atomic mass is 10.1. The second-order valence-electron chi connectivity index (χ2n) is 7.04. The number of carbonyl (C=O) groups is 1. The van der Waals surface area contributed by atoms with Gasteiger partial charge in [-0.25, -0.2) is 13.8 Å². The first-order valence-electron chi connectivity index (χ1n) is 8.37. The Morgan fingerprint density at radius 1 is 1.44 bits per heavy atom. The summed E-state index contributed by atoms with van der Waals surface area (Å²) in [7, 11) is 5.13. The molecule has 2 saturated heterocycles. The topological polar surface area (TPSA) is 48.9 Å². The van der Waals surface area contributed by atoms with Gasteiger partial charge in [-0.15, -0.1) is 0 Å². The van der Waals surface area contributed by atoms with E-state index < -0.39 is 5.92 Å². The van der Waals surface area contributed by atoms with Crippen LogP contribution in [0, 0.1) is 0 Å². The van der Waals surface area contributed by atoms with E-state index in [1.165, 1.54) is 18.2 Å². The van der Waals surface area contributed by atoms with Crippen molar-refractivity contribution in [3.63, 3.8) is 0 Å². The molecule has 3 heterocycles. The lowest BCUT2D eigenvalue weighted by Gasteiger charge is -2.44. The summed E-state index contributed by atoms with van der Waals surface area (Å²) in [5.74, 6) is -2.49. The number of likely N-dealkylation sites (N-methyl/N-ethyl adjacent to an activating group) is 2. The summed E-state index contributed by atoms with van der Waals surface area (Å²) in [4.78, 5) is 22.0. The van der Waals surface area contributed by atoms with Crippen LogP contribution in [0.15, 0.2) is 18.3 Å². The van der Waals surface area contributed by atoms with Gasteiger partial charge >= 0.3 is 0 Å². The van der Waals surface area contributed by atoms with Crippen molar-refractivity contribution in [1.29, 1.82) is 0 Å². The second-order valence-corrected chi connectivity index (χ2v) is 7.04. The number of hydrogen-bond acceptors (Lipinski definition) is 5. The third kappa shape index (κ3) is 3.90. The highest BCUT2D eigenvalue weighted by atomic mass is 19.3. The minimum Gasteiger partial charge on any atom is -0.481 e. The number of methoxy groups -OCH3 is 1. The summed E-state index contributed by atoms with van der Waals surface area (Å²) in [6.45, 7) is 1.66. The molecule has 6 nitrogen and oxygen atoms in total. The summed E-state index contributed by atoms with van der Waals surface area (Å²) in [6.07, 6.45) is 1.24. The van der Waals surface area contributed by atoms with Gasteiger partial charge in [0.15, 0.2) is 0 Å². The minimum atomic E-state index is -2.69. The Labute approximate surface area is 146 Å². The van der Waals surface area contributed by atoms with E-state index in [2.05, 4.69) is 9.88 Å². The van der Waals surface area contributed by atoms with Crippen molar-refractivity contribution in [2.45, 2.75) is 24.4 Å². The van der Waals surface area contributed by atoms with Crippen LogP contribution in [0.2, 0.25) is 0 Å². The summed E-state index contributed by atoms with van der Waals surface area (Å²) in [5, 5.41) is 0. The van der Waals surface area contributed by atoms with E-state index in [1.807, 2.05) is 11.9 Å². The summed E-state index contributed by atoms with van der Waals surface area (Å²) < 4.78 is 32.9. The van der Waals surface area contributed by atoms with Gasteiger partial charge in [0, 0.05) is 57.4 Å². The molecule has 8 heteroatoms. The fourth-order valence-electron chi connectivity index (χ4n) is 3.64. The number of carbonyl (C=O) groups excluding carboxylic acids is 1. The van der Waals surface area contributed by atoms with Crippen LogP contribution in [0.3, 0.4) is 0 Å². The van der Waals surface area contributed by atoms with Crippen LogP contribution in [0.1, 0.15) is 16.8 Å². The smallest absolute Gasteiger partial charge is 0.262 e. The first-order valence-corrected chi connectivity index (χ1v) is 8.37. The largest absolute Gasteiger partial charge is 0.481 e. The molecule has 0 bridgehead atoms. The number of likely N-dealkylation sites (tertiary alicyclic amines) is 2. The molecule has 2 aliphatic rings. The summed E-state index contributed by atoms with van der Waals surface area (Å²) in [5.41, 5.74) is 0.419. The number of ether oxygens (including phenoxy) is 1. The number of pyridine rings is 1. The predicted molar refractivity (Wildman–Crippen MR) is 89.1 cm³/mol. The lowest BCUT2D eigenvalue weighted by molar-refractivity contribution is -0.00983. The second kappa shape index (κ2) is 6.84. The van der Waals surface area contributed by atoms with Crippen molar-refractivity contribution in [3.8, 4) is 5.88 Å². The van der Waals surface area contributed by atoms with E-state index in [9.17, 15) is 13.6 Å². The zero-order valence-electron chi connectivity index (χ0n) is 14.8. The standard InChI is InChI=1S/C17H24F2N4O2/c1-21-8-14(9-21)23-11-17(18,19)6-13(23)10-22(2)16(24)12-4-5-15(25-3)20-7-12/h4-5,7,13-14H,6,8-11H2,1-3H3/t13-/m0/s1. The molecule has 0 aromatic carbocycles. The van der Waals surface area contributed by atoms with Crippen LogP contribution in [-0.2, 0) is 0 Å². The maximum atomic E-state index is 13.9. The van der Waals surface area contributed by atoms with Gasteiger partial charge in [0.1, 0.15) is 0 Å². The average Bonchev–Trinajstić information content (AvgIpc) is 2.85. The third-order valence-corrected chi connectivity index (χ3v) is 4.95.